The summed E-state index contributed by atoms with van der Waals surface area (Å²) in [5.41, 5.74) is 5.98. The van der Waals surface area contributed by atoms with Gasteiger partial charge in [-0.25, -0.2) is 9.78 Å². The number of rotatable bonds is 5. The molecule has 0 aliphatic heterocycles. The maximum Gasteiger partial charge on any atom is 0.339 e. The third-order valence-electron chi connectivity index (χ3n) is 2.87. The summed E-state index contributed by atoms with van der Waals surface area (Å²) in [4.78, 5) is 15.0. The molecule has 4 N–H and O–H groups in total. The molecule has 0 radical (unpaired) electrons. The molecule has 0 bridgehead atoms. The zero-order valence-corrected chi connectivity index (χ0v) is 10.4. The molecule has 94 valence electrons. The molecule has 0 aromatic carbocycles. The number of hydrogen-bond donors (Lipinski definition) is 3. The SMILES string of the molecule is CC(C)C(C)CNc1ncc(N)cc1C(=O)O. The number of nitrogens with two attached hydrogens (primary N) is 1. The summed E-state index contributed by atoms with van der Waals surface area (Å²) in [6.07, 6.45) is 1.45. The van der Waals surface area contributed by atoms with Crippen molar-refractivity contribution in [2.45, 2.75) is 20.8 Å². The average molecular weight is 237 g/mol. The van der Waals surface area contributed by atoms with Gasteiger partial charge in [-0.3, -0.25) is 0 Å². The van der Waals surface area contributed by atoms with Crippen molar-refractivity contribution in [1.29, 1.82) is 0 Å². The first kappa shape index (κ1) is 13.3. The van der Waals surface area contributed by atoms with Crippen molar-refractivity contribution in [3.05, 3.63) is 17.8 Å². The number of aromatic carboxylic acids is 1. The number of pyridine rings is 1. The Bertz CT molecular complexity index is 405. The Morgan fingerprint density at radius 1 is 1.53 bits per heavy atom. The summed E-state index contributed by atoms with van der Waals surface area (Å²) in [6.45, 7) is 7.05. The predicted molar refractivity (Wildman–Crippen MR) is 68.1 cm³/mol. The number of carbonyl (C=O) groups is 1. The van der Waals surface area contributed by atoms with Gasteiger partial charge in [-0.05, 0) is 17.9 Å². The summed E-state index contributed by atoms with van der Waals surface area (Å²) in [6, 6.07) is 1.41. The number of hydrogen-bond acceptors (Lipinski definition) is 4. The van der Waals surface area contributed by atoms with Crippen LogP contribution in [0.4, 0.5) is 11.5 Å². The molecule has 5 nitrogen and oxygen atoms in total. The molecule has 0 fully saturated rings. The van der Waals surface area contributed by atoms with Crippen LogP contribution in [0.2, 0.25) is 0 Å². The molecule has 0 aliphatic rings. The minimum absolute atomic E-state index is 0.112. The summed E-state index contributed by atoms with van der Waals surface area (Å²) >= 11 is 0. The average Bonchev–Trinajstić information content (AvgIpc) is 2.26. The van der Waals surface area contributed by atoms with E-state index in [1.807, 2.05) is 0 Å². The zero-order valence-electron chi connectivity index (χ0n) is 10.4. The van der Waals surface area contributed by atoms with Crippen LogP contribution in [0.25, 0.3) is 0 Å². The third-order valence-corrected chi connectivity index (χ3v) is 2.87. The Labute approximate surface area is 101 Å². The van der Waals surface area contributed by atoms with Crippen molar-refractivity contribution in [1.82, 2.24) is 4.98 Å². The highest BCUT2D eigenvalue weighted by Crippen LogP contribution is 2.17. The minimum Gasteiger partial charge on any atom is -0.478 e. The summed E-state index contributed by atoms with van der Waals surface area (Å²) < 4.78 is 0. The second-order valence-corrected chi connectivity index (χ2v) is 4.57. The molecule has 0 saturated carbocycles. The summed E-state index contributed by atoms with van der Waals surface area (Å²) in [5.74, 6) is 0.323. The van der Waals surface area contributed by atoms with E-state index >= 15 is 0 Å². The lowest BCUT2D eigenvalue weighted by Gasteiger charge is -2.17. The molecule has 0 saturated heterocycles. The molecule has 0 aliphatic carbocycles. The Kier molecular flexibility index (Phi) is 4.31. The fourth-order valence-electron chi connectivity index (χ4n) is 1.28. The molecule has 1 heterocycles. The van der Waals surface area contributed by atoms with Crippen LogP contribution in [0.15, 0.2) is 12.3 Å². The van der Waals surface area contributed by atoms with Crippen LogP contribution in [0, 0.1) is 11.8 Å². The molecule has 1 rings (SSSR count). The first-order valence-electron chi connectivity index (χ1n) is 5.64. The van der Waals surface area contributed by atoms with Crippen molar-refractivity contribution in [3.63, 3.8) is 0 Å². The first-order chi connectivity index (χ1) is 7.91. The van der Waals surface area contributed by atoms with Gasteiger partial charge >= 0.3 is 5.97 Å². The van der Waals surface area contributed by atoms with Crippen LogP contribution in [-0.4, -0.2) is 22.6 Å². The predicted octanol–water partition coefficient (Wildman–Crippen LogP) is 2.07. The lowest BCUT2D eigenvalue weighted by molar-refractivity contribution is 0.0697. The molecule has 1 atom stereocenters. The van der Waals surface area contributed by atoms with E-state index in [9.17, 15) is 4.79 Å². The molecule has 0 spiro atoms. The van der Waals surface area contributed by atoms with Gasteiger partial charge < -0.3 is 16.2 Å². The van der Waals surface area contributed by atoms with Crippen LogP contribution in [-0.2, 0) is 0 Å². The smallest absolute Gasteiger partial charge is 0.339 e. The van der Waals surface area contributed by atoms with Crippen LogP contribution in [0.5, 0.6) is 0 Å². The topological polar surface area (TPSA) is 88.2 Å². The van der Waals surface area contributed by atoms with E-state index < -0.39 is 5.97 Å². The second kappa shape index (κ2) is 5.52. The van der Waals surface area contributed by atoms with E-state index in [0.717, 1.165) is 0 Å². The van der Waals surface area contributed by atoms with Crippen LogP contribution in [0.3, 0.4) is 0 Å². The quantitative estimate of drug-likeness (QED) is 0.729. The molecular weight excluding hydrogens is 218 g/mol. The molecular formula is C12H19N3O2. The number of aromatic nitrogens is 1. The number of nitrogens with zero attached hydrogens (tertiary/aromatic N) is 1. The van der Waals surface area contributed by atoms with E-state index in [2.05, 4.69) is 31.1 Å². The molecule has 5 heteroatoms. The van der Waals surface area contributed by atoms with E-state index in [0.29, 0.717) is 29.9 Å². The fourth-order valence-corrected chi connectivity index (χ4v) is 1.28. The van der Waals surface area contributed by atoms with Gasteiger partial charge in [0.2, 0.25) is 0 Å². The van der Waals surface area contributed by atoms with E-state index in [1.54, 1.807) is 0 Å². The second-order valence-electron chi connectivity index (χ2n) is 4.57. The highest BCUT2D eigenvalue weighted by molar-refractivity contribution is 5.94. The number of nitrogens with one attached hydrogen (secondary N) is 1. The molecule has 0 amide bonds. The standard InChI is InChI=1S/C12H19N3O2/c1-7(2)8(3)5-14-11-10(12(16)17)4-9(13)6-15-11/h4,6-8H,5,13H2,1-3H3,(H,14,15)(H,16,17). The first-order valence-corrected chi connectivity index (χ1v) is 5.64. The van der Waals surface area contributed by atoms with E-state index in [4.69, 9.17) is 10.8 Å². The maximum absolute atomic E-state index is 11.0. The fraction of sp³-hybridized carbons (Fsp3) is 0.500. The largest absolute Gasteiger partial charge is 0.478 e. The highest BCUT2D eigenvalue weighted by Gasteiger charge is 2.13. The molecule has 1 aromatic rings. The summed E-state index contributed by atoms with van der Waals surface area (Å²) in [7, 11) is 0. The van der Waals surface area contributed by atoms with Crippen LogP contribution >= 0.6 is 0 Å². The van der Waals surface area contributed by atoms with Crippen LogP contribution in [0.1, 0.15) is 31.1 Å². The molecule has 17 heavy (non-hydrogen) atoms. The van der Waals surface area contributed by atoms with Gasteiger partial charge in [0.1, 0.15) is 11.4 Å². The van der Waals surface area contributed by atoms with Gasteiger partial charge in [-0.2, -0.15) is 0 Å². The Morgan fingerprint density at radius 2 is 2.18 bits per heavy atom. The Morgan fingerprint density at radius 3 is 2.71 bits per heavy atom. The van der Waals surface area contributed by atoms with Gasteiger partial charge in [0.25, 0.3) is 0 Å². The summed E-state index contributed by atoms with van der Waals surface area (Å²) in [5, 5.41) is 12.1. The van der Waals surface area contributed by atoms with Crippen molar-refractivity contribution in [3.8, 4) is 0 Å². The number of anilines is 2. The number of nitrogen functional groups attached to an aromatic ring is 1. The minimum atomic E-state index is -1.02. The Balaban J connectivity index is 2.80. The van der Waals surface area contributed by atoms with Crippen molar-refractivity contribution in [2.75, 3.05) is 17.6 Å². The maximum atomic E-state index is 11.0. The van der Waals surface area contributed by atoms with Gasteiger partial charge in [0.15, 0.2) is 0 Å². The Hall–Kier alpha value is -1.78. The lowest BCUT2D eigenvalue weighted by Crippen LogP contribution is -2.18. The molecule has 1 unspecified atom stereocenters. The zero-order chi connectivity index (χ0) is 13.0. The van der Waals surface area contributed by atoms with Gasteiger partial charge in [0, 0.05) is 6.54 Å². The number of carboxylic acid groups (broad SMARTS) is 1. The normalized spacial score (nSPS) is 12.5. The van der Waals surface area contributed by atoms with Crippen molar-refractivity contribution >= 4 is 17.5 Å². The van der Waals surface area contributed by atoms with E-state index in [1.165, 1.54) is 12.3 Å². The third kappa shape index (κ3) is 3.62. The van der Waals surface area contributed by atoms with E-state index in [-0.39, 0.29) is 5.56 Å². The van der Waals surface area contributed by atoms with Gasteiger partial charge in [-0.15, -0.1) is 0 Å². The lowest BCUT2D eigenvalue weighted by atomic mass is 9.98. The van der Waals surface area contributed by atoms with Gasteiger partial charge in [0.05, 0.1) is 11.9 Å². The van der Waals surface area contributed by atoms with Crippen molar-refractivity contribution in [2.24, 2.45) is 11.8 Å². The van der Waals surface area contributed by atoms with Crippen molar-refractivity contribution < 1.29 is 9.90 Å². The number of carboxylic acids is 1. The van der Waals surface area contributed by atoms with Gasteiger partial charge in [-0.1, -0.05) is 20.8 Å². The highest BCUT2D eigenvalue weighted by atomic mass is 16.4. The molecule has 1 aromatic heterocycles. The van der Waals surface area contributed by atoms with Crippen LogP contribution < -0.4 is 11.1 Å². The monoisotopic (exact) mass is 237 g/mol.